The van der Waals surface area contributed by atoms with E-state index in [1.165, 1.54) is 0 Å². The van der Waals surface area contributed by atoms with E-state index in [1.807, 2.05) is 30.8 Å². The number of nitrogens with zero attached hydrogens (tertiary/aromatic N) is 2. The summed E-state index contributed by atoms with van der Waals surface area (Å²) in [5, 5.41) is 9.11. The van der Waals surface area contributed by atoms with Gasteiger partial charge >= 0.3 is 0 Å². The maximum atomic E-state index is 6.20. The number of hydrogen-bond acceptors (Lipinski definition) is 2. The standard InChI is InChI=1S/C14H17Cl2N3/c1-9-6-12(19(3)18-9)8-17-10(2)13-5-4-11(15)7-14(13)16/h4-7,10,17H,8H2,1-3H3. The summed E-state index contributed by atoms with van der Waals surface area (Å²) in [5.74, 6) is 0. The van der Waals surface area contributed by atoms with Crippen molar-refractivity contribution < 1.29 is 0 Å². The first-order valence-corrected chi connectivity index (χ1v) is 6.91. The fourth-order valence-corrected chi connectivity index (χ4v) is 2.62. The third-order valence-corrected chi connectivity index (χ3v) is 3.68. The summed E-state index contributed by atoms with van der Waals surface area (Å²) in [4.78, 5) is 0. The van der Waals surface area contributed by atoms with E-state index < -0.39 is 0 Å². The zero-order chi connectivity index (χ0) is 14.0. The molecule has 2 rings (SSSR count). The van der Waals surface area contributed by atoms with E-state index in [9.17, 15) is 0 Å². The molecule has 1 aromatic heterocycles. The summed E-state index contributed by atoms with van der Waals surface area (Å²) in [6, 6.07) is 7.81. The first-order valence-electron chi connectivity index (χ1n) is 6.15. The Bertz CT molecular complexity index is 578. The van der Waals surface area contributed by atoms with Crippen molar-refractivity contribution in [2.45, 2.75) is 26.4 Å². The number of aromatic nitrogens is 2. The highest BCUT2D eigenvalue weighted by Crippen LogP contribution is 2.26. The highest BCUT2D eigenvalue weighted by molar-refractivity contribution is 6.35. The lowest BCUT2D eigenvalue weighted by molar-refractivity contribution is 0.548. The summed E-state index contributed by atoms with van der Waals surface area (Å²) in [5.41, 5.74) is 3.22. The minimum absolute atomic E-state index is 0.153. The summed E-state index contributed by atoms with van der Waals surface area (Å²) in [6.07, 6.45) is 0. The van der Waals surface area contributed by atoms with Gasteiger partial charge in [-0.25, -0.2) is 0 Å². The molecule has 1 unspecified atom stereocenters. The molecule has 1 heterocycles. The van der Waals surface area contributed by atoms with E-state index in [0.29, 0.717) is 10.0 Å². The number of hydrogen-bond donors (Lipinski definition) is 1. The normalized spacial score (nSPS) is 12.7. The molecular formula is C14H17Cl2N3. The Morgan fingerprint density at radius 2 is 2.05 bits per heavy atom. The largest absolute Gasteiger partial charge is 0.305 e. The minimum Gasteiger partial charge on any atom is -0.305 e. The van der Waals surface area contributed by atoms with Crippen LogP contribution in [0.25, 0.3) is 0 Å². The van der Waals surface area contributed by atoms with Crippen LogP contribution in [0.5, 0.6) is 0 Å². The molecular weight excluding hydrogens is 281 g/mol. The molecule has 19 heavy (non-hydrogen) atoms. The fraction of sp³-hybridized carbons (Fsp3) is 0.357. The molecule has 102 valence electrons. The second-order valence-corrected chi connectivity index (χ2v) is 5.51. The van der Waals surface area contributed by atoms with Crippen LogP contribution >= 0.6 is 23.2 Å². The number of halogens is 2. The monoisotopic (exact) mass is 297 g/mol. The van der Waals surface area contributed by atoms with Crippen LogP contribution in [0.2, 0.25) is 10.0 Å². The SMILES string of the molecule is Cc1cc(CNC(C)c2ccc(Cl)cc2Cl)n(C)n1. The van der Waals surface area contributed by atoms with Gasteiger partial charge in [0.25, 0.3) is 0 Å². The van der Waals surface area contributed by atoms with Gasteiger partial charge < -0.3 is 5.32 Å². The molecule has 0 saturated carbocycles. The molecule has 0 amide bonds. The van der Waals surface area contributed by atoms with Crippen LogP contribution in [-0.4, -0.2) is 9.78 Å². The predicted octanol–water partition coefficient (Wildman–Crippen LogP) is 3.89. The first kappa shape index (κ1) is 14.4. The van der Waals surface area contributed by atoms with E-state index in [-0.39, 0.29) is 6.04 Å². The van der Waals surface area contributed by atoms with Crippen molar-refractivity contribution in [1.29, 1.82) is 0 Å². The van der Waals surface area contributed by atoms with Gasteiger partial charge in [0.2, 0.25) is 0 Å². The molecule has 0 aliphatic heterocycles. The second kappa shape index (κ2) is 5.95. The molecule has 2 aromatic rings. The first-order chi connectivity index (χ1) is 8.97. The number of benzene rings is 1. The lowest BCUT2D eigenvalue weighted by Gasteiger charge is -2.16. The van der Waals surface area contributed by atoms with Crippen LogP contribution in [0.15, 0.2) is 24.3 Å². The molecule has 0 radical (unpaired) electrons. The zero-order valence-corrected chi connectivity index (χ0v) is 12.8. The molecule has 0 aliphatic rings. The number of rotatable bonds is 4. The summed E-state index contributed by atoms with van der Waals surface area (Å²) < 4.78 is 1.89. The second-order valence-electron chi connectivity index (χ2n) is 4.67. The lowest BCUT2D eigenvalue weighted by atomic mass is 10.1. The average molecular weight is 298 g/mol. The molecule has 0 aliphatic carbocycles. The van der Waals surface area contributed by atoms with Gasteiger partial charge in [0.05, 0.1) is 11.4 Å². The van der Waals surface area contributed by atoms with Crippen LogP contribution in [0.1, 0.15) is 29.9 Å². The molecule has 0 bridgehead atoms. The molecule has 0 spiro atoms. The third-order valence-electron chi connectivity index (χ3n) is 3.12. The Morgan fingerprint density at radius 3 is 2.63 bits per heavy atom. The van der Waals surface area contributed by atoms with Gasteiger partial charge in [-0.15, -0.1) is 0 Å². The fourth-order valence-electron chi connectivity index (χ4n) is 2.05. The van der Waals surface area contributed by atoms with Crippen molar-refractivity contribution in [1.82, 2.24) is 15.1 Å². The quantitative estimate of drug-likeness (QED) is 0.928. The molecule has 1 aromatic carbocycles. The molecule has 0 saturated heterocycles. The van der Waals surface area contributed by atoms with Crippen molar-refractivity contribution in [3.05, 3.63) is 51.3 Å². The van der Waals surface area contributed by atoms with E-state index >= 15 is 0 Å². The van der Waals surface area contributed by atoms with Crippen LogP contribution in [0.3, 0.4) is 0 Å². The van der Waals surface area contributed by atoms with E-state index in [4.69, 9.17) is 23.2 Å². The molecule has 1 atom stereocenters. The van der Waals surface area contributed by atoms with Crippen LogP contribution in [0, 0.1) is 6.92 Å². The van der Waals surface area contributed by atoms with Crippen LogP contribution in [0.4, 0.5) is 0 Å². The number of nitrogens with one attached hydrogen (secondary N) is 1. The highest BCUT2D eigenvalue weighted by atomic mass is 35.5. The van der Waals surface area contributed by atoms with Crippen molar-refractivity contribution in [3.63, 3.8) is 0 Å². The van der Waals surface area contributed by atoms with Crippen molar-refractivity contribution in [2.75, 3.05) is 0 Å². The number of aryl methyl sites for hydroxylation is 2. The topological polar surface area (TPSA) is 29.9 Å². The van der Waals surface area contributed by atoms with Crippen molar-refractivity contribution in [3.8, 4) is 0 Å². The van der Waals surface area contributed by atoms with Gasteiger partial charge in [-0.1, -0.05) is 29.3 Å². The van der Waals surface area contributed by atoms with Gasteiger partial charge in [-0.2, -0.15) is 5.10 Å². The van der Waals surface area contributed by atoms with Crippen LogP contribution in [-0.2, 0) is 13.6 Å². The van der Waals surface area contributed by atoms with Gasteiger partial charge in [0.15, 0.2) is 0 Å². The molecule has 0 fully saturated rings. The lowest BCUT2D eigenvalue weighted by Crippen LogP contribution is -2.20. The molecule has 5 heteroatoms. The van der Waals surface area contributed by atoms with E-state index in [2.05, 4.69) is 23.4 Å². The average Bonchev–Trinajstić information content (AvgIpc) is 2.65. The maximum Gasteiger partial charge on any atom is 0.0597 e. The van der Waals surface area contributed by atoms with Gasteiger partial charge in [-0.05, 0) is 37.6 Å². The third kappa shape index (κ3) is 3.50. The van der Waals surface area contributed by atoms with Crippen molar-refractivity contribution >= 4 is 23.2 Å². The Hall–Kier alpha value is -1.03. The van der Waals surface area contributed by atoms with E-state index in [1.54, 1.807) is 6.07 Å². The molecule has 3 nitrogen and oxygen atoms in total. The Kier molecular flexibility index (Phi) is 4.50. The predicted molar refractivity (Wildman–Crippen MR) is 79.7 cm³/mol. The molecule has 1 N–H and O–H groups in total. The van der Waals surface area contributed by atoms with Gasteiger partial charge in [-0.3, -0.25) is 4.68 Å². The van der Waals surface area contributed by atoms with Crippen LogP contribution < -0.4 is 5.32 Å². The smallest absolute Gasteiger partial charge is 0.0597 e. The van der Waals surface area contributed by atoms with Gasteiger partial charge in [0, 0.05) is 29.7 Å². The maximum absolute atomic E-state index is 6.20. The van der Waals surface area contributed by atoms with Gasteiger partial charge in [0.1, 0.15) is 0 Å². The Labute approximate surface area is 123 Å². The highest BCUT2D eigenvalue weighted by Gasteiger charge is 2.10. The van der Waals surface area contributed by atoms with Crippen molar-refractivity contribution in [2.24, 2.45) is 7.05 Å². The summed E-state index contributed by atoms with van der Waals surface area (Å²) >= 11 is 12.1. The minimum atomic E-state index is 0.153. The Balaban J connectivity index is 2.05. The zero-order valence-electron chi connectivity index (χ0n) is 11.2. The summed E-state index contributed by atoms with van der Waals surface area (Å²) in [6.45, 7) is 4.82. The summed E-state index contributed by atoms with van der Waals surface area (Å²) in [7, 11) is 1.95. The Morgan fingerprint density at radius 1 is 1.32 bits per heavy atom. The van der Waals surface area contributed by atoms with E-state index in [0.717, 1.165) is 23.5 Å².